The van der Waals surface area contributed by atoms with Crippen LogP contribution in [0.2, 0.25) is 0 Å². The van der Waals surface area contributed by atoms with Gasteiger partial charge >= 0.3 is 7.82 Å². The number of aliphatic hydroxyl groups excluding tert-OH is 4. The van der Waals surface area contributed by atoms with Gasteiger partial charge in [0.1, 0.15) is 42.4 Å². The lowest BCUT2D eigenvalue weighted by molar-refractivity contribution is -0.0587. The Balaban J connectivity index is 1.13. The molecule has 4 aromatic heterocycles. The van der Waals surface area contributed by atoms with Crippen molar-refractivity contribution in [2.24, 2.45) is 0 Å². The zero-order valence-corrected chi connectivity index (χ0v) is 22.7. The van der Waals surface area contributed by atoms with E-state index >= 15 is 0 Å². The van der Waals surface area contributed by atoms with Gasteiger partial charge in [0.15, 0.2) is 35.1 Å². The molecule has 0 aromatic carbocycles. The lowest BCUT2D eigenvalue weighted by Crippen LogP contribution is -2.35. The minimum atomic E-state index is -4.97. The number of imidazole rings is 1. The van der Waals surface area contributed by atoms with Crippen LogP contribution in [-0.2, 0) is 23.1 Å². The van der Waals surface area contributed by atoms with Gasteiger partial charge in [-0.1, -0.05) is 5.21 Å². The number of fused-ring (bicyclic) bond motifs is 2. The molecule has 4 aromatic rings. The number of H-pyrrole nitrogens is 1. The lowest BCUT2D eigenvalue weighted by Gasteiger charge is -2.23. The summed E-state index contributed by atoms with van der Waals surface area (Å²) in [7, 11) is -4.97. The van der Waals surface area contributed by atoms with Crippen LogP contribution in [0.1, 0.15) is 18.9 Å². The highest BCUT2D eigenvalue weighted by molar-refractivity contribution is 7.47. The fourth-order valence-electron chi connectivity index (χ4n) is 4.93. The van der Waals surface area contributed by atoms with Gasteiger partial charge in [-0.2, -0.15) is 9.67 Å². The highest BCUT2D eigenvalue weighted by Crippen LogP contribution is 2.49. The number of hydrogen-bond donors (Lipinski definition) is 8. The molecule has 22 nitrogen and oxygen atoms in total. The van der Waals surface area contributed by atoms with E-state index in [9.17, 15) is 34.7 Å². The predicted octanol–water partition coefficient (Wildman–Crippen LogP) is -3.72. The average Bonchev–Trinajstić information content (AvgIpc) is 3.71. The van der Waals surface area contributed by atoms with Gasteiger partial charge in [-0.25, -0.2) is 19.5 Å². The van der Waals surface area contributed by atoms with E-state index in [1.807, 2.05) is 0 Å². The number of nitrogen functional groups attached to an aromatic ring is 2. The maximum Gasteiger partial charge on any atom is 0.472 e. The quantitative estimate of drug-likeness (QED) is 0.0827. The van der Waals surface area contributed by atoms with Crippen LogP contribution in [0.15, 0.2) is 17.4 Å². The van der Waals surface area contributed by atoms with Crippen molar-refractivity contribution in [1.29, 1.82) is 0 Å². The first-order chi connectivity index (χ1) is 20.5. The Morgan fingerprint density at radius 1 is 1.02 bits per heavy atom. The summed E-state index contributed by atoms with van der Waals surface area (Å²) >= 11 is 0. The molecule has 2 aliphatic heterocycles. The molecule has 9 atom stereocenters. The smallest absolute Gasteiger partial charge is 0.394 e. The van der Waals surface area contributed by atoms with Crippen molar-refractivity contribution in [2.45, 2.75) is 55.5 Å². The summed E-state index contributed by atoms with van der Waals surface area (Å²) in [6.45, 7) is -1.21. The van der Waals surface area contributed by atoms with Gasteiger partial charge < -0.3 is 46.3 Å². The summed E-state index contributed by atoms with van der Waals surface area (Å²) in [5.41, 5.74) is 10.8. The van der Waals surface area contributed by atoms with Crippen molar-refractivity contribution in [2.75, 3.05) is 24.7 Å². The van der Waals surface area contributed by atoms with Gasteiger partial charge in [0.05, 0.1) is 25.6 Å². The molecule has 0 aliphatic carbocycles. The number of hydrogen-bond acceptors (Lipinski definition) is 18. The van der Waals surface area contributed by atoms with E-state index in [2.05, 4.69) is 35.2 Å². The summed E-state index contributed by atoms with van der Waals surface area (Å²) < 4.78 is 36.8. The molecular weight excluding hydrogens is 601 g/mol. The molecule has 23 heteroatoms. The molecule has 6 heterocycles. The first kappa shape index (κ1) is 29.4. The molecule has 2 fully saturated rings. The van der Waals surface area contributed by atoms with Gasteiger partial charge in [-0.3, -0.25) is 23.4 Å². The highest BCUT2D eigenvalue weighted by Gasteiger charge is 2.50. The zero-order valence-electron chi connectivity index (χ0n) is 21.8. The third-order valence-corrected chi connectivity index (χ3v) is 8.02. The molecule has 10 N–H and O–H groups in total. The monoisotopic (exact) mass is 627 g/mol. The largest absolute Gasteiger partial charge is 0.472 e. The van der Waals surface area contributed by atoms with Crippen molar-refractivity contribution in [3.63, 3.8) is 0 Å². The molecule has 2 saturated heterocycles. The third kappa shape index (κ3) is 5.22. The van der Waals surface area contributed by atoms with Crippen LogP contribution in [0.5, 0.6) is 0 Å². The van der Waals surface area contributed by atoms with Crippen molar-refractivity contribution in [3.8, 4) is 0 Å². The van der Waals surface area contributed by atoms with Crippen LogP contribution in [0.4, 0.5) is 11.8 Å². The maximum absolute atomic E-state index is 12.9. The van der Waals surface area contributed by atoms with Gasteiger partial charge in [-0.15, -0.1) is 5.10 Å². The van der Waals surface area contributed by atoms with Gasteiger partial charge in [0.25, 0.3) is 5.56 Å². The van der Waals surface area contributed by atoms with Gasteiger partial charge in [0.2, 0.25) is 5.95 Å². The molecule has 0 bridgehead atoms. The zero-order chi connectivity index (χ0) is 30.6. The molecule has 0 radical (unpaired) electrons. The van der Waals surface area contributed by atoms with Crippen LogP contribution >= 0.6 is 7.82 Å². The summed E-state index contributed by atoms with van der Waals surface area (Å²) in [4.78, 5) is 40.8. The second kappa shape index (κ2) is 11.1. The molecule has 2 aliphatic rings. The van der Waals surface area contributed by atoms with E-state index in [1.165, 1.54) is 17.2 Å². The Hall–Kier alpha value is -3.70. The van der Waals surface area contributed by atoms with Crippen molar-refractivity contribution in [3.05, 3.63) is 23.0 Å². The number of phosphoric acid groups is 1. The number of ether oxygens (including phenoxy) is 2. The van der Waals surface area contributed by atoms with E-state index in [0.29, 0.717) is 0 Å². The minimum absolute atomic E-state index is 0.108. The van der Waals surface area contributed by atoms with Crippen LogP contribution in [-0.4, -0.2) is 120 Å². The summed E-state index contributed by atoms with van der Waals surface area (Å²) in [5.74, 6) is -0.175. The number of nitrogens with two attached hydrogens (primary N) is 2. The highest BCUT2D eigenvalue weighted by atomic mass is 31.2. The molecule has 0 amide bonds. The number of nitrogens with zero attached hydrogens (tertiary/aromatic N) is 8. The normalized spacial score (nSPS) is 30.8. The minimum Gasteiger partial charge on any atom is -0.394 e. The fourth-order valence-corrected chi connectivity index (χ4v) is 5.86. The van der Waals surface area contributed by atoms with E-state index in [1.54, 1.807) is 0 Å². The molecule has 43 heavy (non-hydrogen) atoms. The van der Waals surface area contributed by atoms with Crippen molar-refractivity contribution in [1.82, 2.24) is 44.5 Å². The first-order valence-electron chi connectivity index (χ1n) is 12.6. The van der Waals surface area contributed by atoms with Gasteiger partial charge in [0, 0.05) is 6.42 Å². The molecule has 6 rings (SSSR count). The van der Waals surface area contributed by atoms with Gasteiger partial charge in [-0.05, 0) is 0 Å². The first-order valence-corrected chi connectivity index (χ1v) is 14.1. The summed E-state index contributed by atoms with van der Waals surface area (Å²) in [6, 6.07) is 0. The summed E-state index contributed by atoms with van der Waals surface area (Å²) in [6.07, 6.45) is -8.78. The second-order valence-electron chi connectivity index (χ2n) is 9.69. The topological polar surface area (TPSA) is 327 Å². The molecule has 0 spiro atoms. The van der Waals surface area contributed by atoms with E-state index in [4.69, 9.17) is 30.0 Å². The van der Waals surface area contributed by atoms with Crippen molar-refractivity contribution >= 4 is 41.9 Å². The van der Waals surface area contributed by atoms with Crippen LogP contribution in [0, 0.1) is 0 Å². The predicted molar refractivity (Wildman–Crippen MR) is 138 cm³/mol. The number of nitrogens with one attached hydrogen (secondary N) is 1. The van der Waals surface area contributed by atoms with Crippen LogP contribution < -0.4 is 17.0 Å². The third-order valence-electron chi connectivity index (χ3n) is 7.00. The number of aromatic amines is 1. The van der Waals surface area contributed by atoms with Crippen molar-refractivity contribution < 1.29 is 48.4 Å². The van der Waals surface area contributed by atoms with Crippen LogP contribution in [0.3, 0.4) is 0 Å². The summed E-state index contributed by atoms with van der Waals surface area (Å²) in [5, 5.41) is 48.9. The number of aromatic nitrogens is 9. The van der Waals surface area contributed by atoms with Crippen LogP contribution in [0.25, 0.3) is 22.3 Å². The molecular formula is C20H26N11O11P. The van der Waals surface area contributed by atoms with E-state index in [0.717, 1.165) is 4.68 Å². The average molecular weight is 627 g/mol. The molecule has 232 valence electrons. The molecule has 0 saturated carbocycles. The maximum atomic E-state index is 12.9. The Morgan fingerprint density at radius 3 is 2.56 bits per heavy atom. The Morgan fingerprint density at radius 2 is 1.79 bits per heavy atom. The van der Waals surface area contributed by atoms with E-state index in [-0.39, 0.29) is 40.5 Å². The Labute approximate surface area is 238 Å². The second-order valence-corrected chi connectivity index (χ2v) is 11.1. The lowest BCUT2D eigenvalue weighted by atomic mass is 10.1. The Kier molecular flexibility index (Phi) is 7.58. The number of phosphoric ester groups is 1. The Bertz CT molecular complexity index is 1750. The standard InChI is InChI=1S/C20H26N11O11P/c21-14-8-15(24-4-23-14)30(5-25-8)18-12(35)10(33)6(40-18)1-2-39-43(37,38)42-13-11(34)7(3-32)41-19(13)31-16-9(28-29-31)17(36)27-20(22)26-16/h4-7,10-13,18-19,32-35H,1-3H2,(H,37,38)(H2,21,23,24)(H3,22,26,27,36)/t6-,7-,10-,11-,12-,13-,18-,19-/m1/s1. The number of aliphatic hydroxyl groups is 4. The number of rotatable bonds is 9. The SMILES string of the molecule is Nc1nc2c(nnn2[C@@H]2O[C@H](CO)[C@@H](O)[C@H]2OP(=O)(O)OCC[C@H]2O[C@@H](n3cnc4c(N)ncnc43)[C@H](O)[C@@H]2O)c(=O)[nH]1. The molecule has 1 unspecified atom stereocenters. The number of anilines is 2. The van der Waals surface area contributed by atoms with E-state index < -0.39 is 75.7 Å². The fraction of sp³-hybridized carbons (Fsp3) is 0.550.